The van der Waals surface area contributed by atoms with Gasteiger partial charge >= 0.3 is 12.1 Å². The number of rotatable bonds is 3. The van der Waals surface area contributed by atoms with Crippen molar-refractivity contribution in [2.45, 2.75) is 32.0 Å². The summed E-state index contributed by atoms with van der Waals surface area (Å²) in [6, 6.07) is 5.54. The quantitative estimate of drug-likeness (QED) is 0.738. The van der Waals surface area contributed by atoms with Crippen LogP contribution < -0.4 is 0 Å². The summed E-state index contributed by atoms with van der Waals surface area (Å²) in [6.45, 7) is 2.51. The summed E-state index contributed by atoms with van der Waals surface area (Å²) in [7, 11) is 0. The topological polar surface area (TPSA) is 117 Å². The Balaban J connectivity index is 0.000000383. The van der Waals surface area contributed by atoms with Gasteiger partial charge in [-0.15, -0.1) is 0 Å². The normalized spacial score (nSPS) is 20.4. The van der Waals surface area contributed by atoms with Gasteiger partial charge in [0.05, 0.1) is 23.4 Å². The fourth-order valence-electron chi connectivity index (χ4n) is 4.04. The molecule has 2 aliphatic heterocycles. The number of hydrogen-bond acceptors (Lipinski definition) is 6. The third-order valence-corrected chi connectivity index (χ3v) is 5.66. The van der Waals surface area contributed by atoms with Gasteiger partial charge in [-0.05, 0) is 43.0 Å². The Labute approximate surface area is 187 Å². The molecule has 0 bridgehead atoms. The molecule has 12 heteroatoms. The van der Waals surface area contributed by atoms with Crippen molar-refractivity contribution < 1.29 is 32.7 Å². The second-order valence-electron chi connectivity index (χ2n) is 7.88. The Bertz CT molecular complexity index is 990. The highest BCUT2D eigenvalue weighted by Crippen LogP contribution is 2.41. The monoisotopic (exact) mass is 465 g/mol. The minimum absolute atomic E-state index is 0.0700. The molecular formula is C21H22F3N5O4. The van der Waals surface area contributed by atoms with Gasteiger partial charge in [0, 0.05) is 38.6 Å². The molecule has 9 nitrogen and oxygen atoms in total. The summed E-state index contributed by atoms with van der Waals surface area (Å²) < 4.78 is 31.7. The SMILES string of the molecule is O=C(O)C(F)(F)F.O=C(c1ccnnc1)N1CCCC2(CCN(Cc3ccncc3)C2=O)C1. The number of hydrogen-bond donors (Lipinski definition) is 1. The highest BCUT2D eigenvalue weighted by molar-refractivity contribution is 5.95. The lowest BCUT2D eigenvalue weighted by molar-refractivity contribution is -0.192. The number of halogens is 3. The summed E-state index contributed by atoms with van der Waals surface area (Å²) in [6.07, 6.45) is 3.90. The van der Waals surface area contributed by atoms with E-state index >= 15 is 0 Å². The molecular weight excluding hydrogens is 443 g/mol. The number of carbonyl (C=O) groups is 3. The number of likely N-dealkylation sites (tertiary alicyclic amines) is 2. The summed E-state index contributed by atoms with van der Waals surface area (Å²) >= 11 is 0. The van der Waals surface area contributed by atoms with E-state index in [1.54, 1.807) is 23.4 Å². The summed E-state index contributed by atoms with van der Waals surface area (Å²) in [4.78, 5) is 42.5. The number of aromatic nitrogens is 3. The van der Waals surface area contributed by atoms with Gasteiger partial charge < -0.3 is 14.9 Å². The van der Waals surface area contributed by atoms with Crippen molar-refractivity contribution in [3.8, 4) is 0 Å². The number of alkyl halides is 3. The highest BCUT2D eigenvalue weighted by atomic mass is 19.4. The van der Waals surface area contributed by atoms with Gasteiger partial charge in [0.2, 0.25) is 5.91 Å². The van der Waals surface area contributed by atoms with E-state index < -0.39 is 17.6 Å². The Kier molecular flexibility index (Phi) is 7.24. The molecule has 2 amide bonds. The number of amides is 2. The van der Waals surface area contributed by atoms with Crippen LogP contribution in [-0.4, -0.2) is 73.7 Å². The van der Waals surface area contributed by atoms with Crippen molar-refractivity contribution >= 4 is 17.8 Å². The van der Waals surface area contributed by atoms with Crippen LogP contribution in [0.1, 0.15) is 35.2 Å². The lowest BCUT2D eigenvalue weighted by Gasteiger charge is -2.39. The Morgan fingerprint density at radius 3 is 2.36 bits per heavy atom. The maximum Gasteiger partial charge on any atom is 0.490 e. The lowest BCUT2D eigenvalue weighted by Crippen LogP contribution is -2.49. The van der Waals surface area contributed by atoms with Crippen LogP contribution in [-0.2, 0) is 16.1 Å². The molecule has 0 aliphatic carbocycles. The first-order chi connectivity index (χ1) is 15.6. The molecule has 1 spiro atoms. The Morgan fingerprint density at radius 2 is 1.76 bits per heavy atom. The fraction of sp³-hybridized carbons (Fsp3) is 0.429. The van der Waals surface area contributed by atoms with Gasteiger partial charge in [0.15, 0.2) is 0 Å². The zero-order chi connectivity index (χ0) is 24.1. The molecule has 0 radical (unpaired) electrons. The number of pyridine rings is 1. The van der Waals surface area contributed by atoms with Crippen LogP contribution in [0.4, 0.5) is 13.2 Å². The zero-order valence-corrected chi connectivity index (χ0v) is 17.5. The molecule has 1 atom stereocenters. The third-order valence-electron chi connectivity index (χ3n) is 5.66. The van der Waals surface area contributed by atoms with Crippen LogP contribution in [0, 0.1) is 5.41 Å². The predicted octanol–water partition coefficient (Wildman–Crippen LogP) is 2.16. The summed E-state index contributed by atoms with van der Waals surface area (Å²) in [5.74, 6) is -2.66. The second-order valence-corrected chi connectivity index (χ2v) is 7.88. The van der Waals surface area contributed by atoms with Gasteiger partial charge in [-0.25, -0.2) is 4.79 Å². The van der Waals surface area contributed by atoms with Crippen molar-refractivity contribution in [3.63, 3.8) is 0 Å². The fourth-order valence-corrected chi connectivity index (χ4v) is 4.04. The lowest BCUT2D eigenvalue weighted by atomic mass is 9.78. The Morgan fingerprint density at radius 1 is 1.06 bits per heavy atom. The molecule has 33 heavy (non-hydrogen) atoms. The maximum absolute atomic E-state index is 13.1. The van der Waals surface area contributed by atoms with Crippen molar-refractivity contribution in [2.24, 2.45) is 5.41 Å². The van der Waals surface area contributed by atoms with Gasteiger partial charge in [-0.3, -0.25) is 14.6 Å². The first-order valence-electron chi connectivity index (χ1n) is 10.2. The molecule has 2 aromatic heterocycles. The number of nitrogens with zero attached hydrogens (tertiary/aromatic N) is 5. The largest absolute Gasteiger partial charge is 0.490 e. The zero-order valence-electron chi connectivity index (χ0n) is 17.5. The molecule has 2 aliphatic rings. The first-order valence-corrected chi connectivity index (χ1v) is 10.2. The molecule has 4 rings (SSSR count). The molecule has 0 saturated carbocycles. The number of carboxylic acid groups (broad SMARTS) is 1. The van der Waals surface area contributed by atoms with E-state index in [1.165, 1.54) is 12.4 Å². The van der Waals surface area contributed by atoms with E-state index in [2.05, 4.69) is 15.2 Å². The van der Waals surface area contributed by atoms with Gasteiger partial charge in [-0.1, -0.05) is 0 Å². The second kappa shape index (κ2) is 9.92. The maximum atomic E-state index is 13.1. The average molecular weight is 465 g/mol. The standard InChI is InChI=1S/C19H21N5O2.C2HF3O2/c25-17(16-4-9-21-22-12-16)24-10-1-5-19(14-24)6-11-23(18(19)26)13-15-2-7-20-8-3-15;3-2(4,5)1(6)7/h2-4,7-9,12H,1,5-6,10-11,13-14H2;(H,6,7). The number of carboxylic acids is 1. The molecule has 2 aromatic rings. The van der Waals surface area contributed by atoms with E-state index in [1.807, 2.05) is 17.0 Å². The smallest absolute Gasteiger partial charge is 0.475 e. The van der Waals surface area contributed by atoms with Gasteiger partial charge in [0.25, 0.3) is 5.91 Å². The first kappa shape index (κ1) is 24.1. The molecule has 1 N–H and O–H groups in total. The molecule has 2 fully saturated rings. The van der Waals surface area contributed by atoms with Crippen molar-refractivity contribution in [1.29, 1.82) is 0 Å². The van der Waals surface area contributed by atoms with E-state index in [9.17, 15) is 22.8 Å². The van der Waals surface area contributed by atoms with Gasteiger partial charge in [0.1, 0.15) is 0 Å². The van der Waals surface area contributed by atoms with Crippen LogP contribution in [0.2, 0.25) is 0 Å². The van der Waals surface area contributed by atoms with Crippen LogP contribution in [0.25, 0.3) is 0 Å². The number of piperidine rings is 1. The minimum atomic E-state index is -5.08. The van der Waals surface area contributed by atoms with Crippen molar-refractivity contribution in [3.05, 3.63) is 54.1 Å². The van der Waals surface area contributed by atoms with E-state index in [0.717, 1.165) is 31.4 Å². The number of carbonyl (C=O) groups excluding carboxylic acids is 2. The highest BCUT2D eigenvalue weighted by Gasteiger charge is 2.49. The summed E-state index contributed by atoms with van der Waals surface area (Å²) in [5, 5.41) is 14.6. The van der Waals surface area contributed by atoms with Crippen LogP contribution in [0.3, 0.4) is 0 Å². The van der Waals surface area contributed by atoms with E-state index in [0.29, 0.717) is 25.2 Å². The Hall–Kier alpha value is -3.57. The summed E-state index contributed by atoms with van der Waals surface area (Å²) in [5.41, 5.74) is 1.16. The molecule has 1 unspecified atom stereocenters. The van der Waals surface area contributed by atoms with Crippen molar-refractivity contribution in [1.82, 2.24) is 25.0 Å². The molecule has 2 saturated heterocycles. The molecule has 4 heterocycles. The number of aliphatic carboxylic acids is 1. The average Bonchev–Trinajstić information content (AvgIpc) is 3.09. The van der Waals surface area contributed by atoms with Crippen LogP contribution in [0.15, 0.2) is 43.0 Å². The van der Waals surface area contributed by atoms with E-state index in [4.69, 9.17) is 9.90 Å². The molecule has 0 aromatic carbocycles. The van der Waals surface area contributed by atoms with Crippen molar-refractivity contribution in [2.75, 3.05) is 19.6 Å². The van der Waals surface area contributed by atoms with Crippen LogP contribution >= 0.6 is 0 Å². The van der Waals surface area contributed by atoms with E-state index in [-0.39, 0.29) is 11.8 Å². The predicted molar refractivity (Wildman–Crippen MR) is 108 cm³/mol. The third kappa shape index (κ3) is 5.82. The minimum Gasteiger partial charge on any atom is -0.475 e. The van der Waals surface area contributed by atoms with Crippen LogP contribution in [0.5, 0.6) is 0 Å². The molecule has 176 valence electrons. The van der Waals surface area contributed by atoms with Gasteiger partial charge in [-0.2, -0.15) is 23.4 Å².